The van der Waals surface area contributed by atoms with E-state index in [0.29, 0.717) is 19.6 Å². The Labute approximate surface area is 140 Å². The van der Waals surface area contributed by atoms with Crippen LogP contribution >= 0.6 is 0 Å². The lowest BCUT2D eigenvalue weighted by atomic mass is 10.1. The molecule has 0 amide bonds. The van der Waals surface area contributed by atoms with Gasteiger partial charge in [-0.3, -0.25) is 0 Å². The monoisotopic (exact) mass is 344 g/mol. The molecule has 0 aliphatic carbocycles. The fourth-order valence-electron chi connectivity index (χ4n) is 2.98. The van der Waals surface area contributed by atoms with E-state index in [4.69, 9.17) is 0 Å². The molecule has 2 rings (SSSR count). The van der Waals surface area contributed by atoms with Gasteiger partial charge in [-0.1, -0.05) is 26.0 Å². The van der Waals surface area contributed by atoms with Gasteiger partial charge in [0.1, 0.15) is 5.69 Å². The Morgan fingerprint density at radius 3 is 1.92 bits per heavy atom. The third-order valence-corrected chi connectivity index (χ3v) is 4.49. The summed E-state index contributed by atoms with van der Waals surface area (Å²) in [5.74, 6) is -5.27. The fourth-order valence-corrected chi connectivity index (χ4v) is 2.98. The number of anilines is 1. The van der Waals surface area contributed by atoms with Crippen molar-refractivity contribution in [2.75, 3.05) is 37.6 Å². The van der Waals surface area contributed by atoms with Gasteiger partial charge in [-0.15, -0.1) is 0 Å². The number of hydrogen-bond donors (Lipinski definition) is 0. The van der Waals surface area contributed by atoms with Crippen LogP contribution in [-0.4, -0.2) is 37.6 Å². The van der Waals surface area contributed by atoms with Crippen LogP contribution in [0.2, 0.25) is 0 Å². The number of rotatable bonds is 6. The Bertz CT molecular complexity index is 562. The van der Waals surface area contributed by atoms with Crippen molar-refractivity contribution in [2.24, 2.45) is 0 Å². The summed E-state index contributed by atoms with van der Waals surface area (Å²) in [6, 6.07) is 0. The van der Waals surface area contributed by atoms with E-state index in [2.05, 4.69) is 0 Å². The molecule has 0 spiro atoms. The molecule has 134 valence electrons. The normalized spacial score (nSPS) is 15.7. The summed E-state index contributed by atoms with van der Waals surface area (Å²) in [6.45, 7) is 6.76. The highest BCUT2D eigenvalue weighted by atomic mass is 19.2. The first-order chi connectivity index (χ1) is 11.5. The van der Waals surface area contributed by atoms with Crippen LogP contribution in [-0.2, 0) is 0 Å². The Morgan fingerprint density at radius 1 is 0.875 bits per heavy atom. The Morgan fingerprint density at radius 2 is 1.42 bits per heavy atom. The lowest BCUT2D eigenvalue weighted by Crippen LogP contribution is -2.31. The molecule has 1 fully saturated rings. The van der Waals surface area contributed by atoms with Gasteiger partial charge in [0.15, 0.2) is 23.3 Å². The molecule has 1 heterocycles. The second-order valence-electron chi connectivity index (χ2n) is 5.95. The smallest absolute Gasteiger partial charge is 0.185 e. The minimum atomic E-state index is -1.33. The van der Waals surface area contributed by atoms with Gasteiger partial charge in [0, 0.05) is 19.6 Å². The zero-order valence-electron chi connectivity index (χ0n) is 14.2. The minimum Gasteiger partial charge on any atom is -0.367 e. The molecule has 1 aromatic carbocycles. The molecule has 1 aliphatic heterocycles. The van der Waals surface area contributed by atoms with Crippen LogP contribution in [0, 0.1) is 23.3 Å². The van der Waals surface area contributed by atoms with Crippen molar-refractivity contribution in [1.82, 2.24) is 4.90 Å². The maximum absolute atomic E-state index is 14.3. The van der Waals surface area contributed by atoms with Gasteiger partial charge < -0.3 is 9.80 Å². The van der Waals surface area contributed by atoms with Crippen molar-refractivity contribution < 1.29 is 17.6 Å². The van der Waals surface area contributed by atoms with Crippen molar-refractivity contribution in [2.45, 2.75) is 33.1 Å². The molecule has 0 radical (unpaired) electrons. The van der Waals surface area contributed by atoms with Gasteiger partial charge in [0.25, 0.3) is 0 Å². The Balaban J connectivity index is 2.32. The molecule has 0 bridgehead atoms. The van der Waals surface area contributed by atoms with Crippen LogP contribution < -0.4 is 4.90 Å². The van der Waals surface area contributed by atoms with E-state index in [-0.39, 0.29) is 0 Å². The molecule has 0 atom stereocenters. The first-order valence-corrected chi connectivity index (χ1v) is 8.51. The van der Waals surface area contributed by atoms with E-state index in [1.807, 2.05) is 18.7 Å². The zero-order chi connectivity index (χ0) is 17.7. The van der Waals surface area contributed by atoms with E-state index >= 15 is 0 Å². The molecule has 0 saturated carbocycles. The third-order valence-electron chi connectivity index (χ3n) is 4.49. The van der Waals surface area contributed by atoms with Crippen LogP contribution in [0.4, 0.5) is 23.2 Å². The summed E-state index contributed by atoms with van der Waals surface area (Å²) >= 11 is 0. The zero-order valence-corrected chi connectivity index (χ0v) is 14.2. The van der Waals surface area contributed by atoms with Crippen LogP contribution in [0.25, 0.3) is 6.08 Å². The number of benzene rings is 1. The molecule has 0 aromatic heterocycles. The molecule has 6 heteroatoms. The molecular formula is C18H24F4N2. The number of halogens is 4. The average molecular weight is 344 g/mol. The van der Waals surface area contributed by atoms with Crippen molar-refractivity contribution in [3.63, 3.8) is 0 Å². The first kappa shape index (κ1) is 18.8. The van der Waals surface area contributed by atoms with Gasteiger partial charge in [0.05, 0.1) is 5.56 Å². The molecular weight excluding hydrogens is 320 g/mol. The summed E-state index contributed by atoms with van der Waals surface area (Å²) in [4.78, 5) is 3.41. The Kier molecular flexibility index (Phi) is 6.66. The van der Waals surface area contributed by atoms with Crippen molar-refractivity contribution in [3.05, 3.63) is 34.9 Å². The van der Waals surface area contributed by atoms with Crippen molar-refractivity contribution in [3.8, 4) is 0 Å². The highest BCUT2D eigenvalue weighted by Gasteiger charge is 2.28. The summed E-state index contributed by atoms with van der Waals surface area (Å²) in [7, 11) is 0. The van der Waals surface area contributed by atoms with Gasteiger partial charge in [-0.25, -0.2) is 17.6 Å². The quantitative estimate of drug-likeness (QED) is 0.550. The fraction of sp³-hybridized carbons (Fsp3) is 0.556. The summed E-state index contributed by atoms with van der Waals surface area (Å²) in [5, 5.41) is 0. The van der Waals surface area contributed by atoms with Crippen LogP contribution in [0.5, 0.6) is 0 Å². The number of nitrogens with zero attached hydrogens (tertiary/aromatic N) is 2. The third kappa shape index (κ3) is 3.91. The van der Waals surface area contributed by atoms with E-state index in [9.17, 15) is 17.6 Å². The predicted octanol–water partition coefficient (Wildman–Crippen LogP) is 4.59. The molecule has 1 aromatic rings. The molecule has 1 aliphatic rings. The summed E-state index contributed by atoms with van der Waals surface area (Å²) in [6.07, 6.45) is 5.11. The maximum Gasteiger partial charge on any atom is 0.185 e. The first-order valence-electron chi connectivity index (χ1n) is 8.51. The Hall–Kier alpha value is -1.56. The SMILES string of the molecule is CCN(CC)C/C=C/c1c(F)c(F)c(N2CCCCC2)c(F)c1F. The lowest BCUT2D eigenvalue weighted by molar-refractivity contribution is 0.338. The predicted molar refractivity (Wildman–Crippen MR) is 89.2 cm³/mol. The standard InChI is InChI=1S/C18H24F4N2/c1-3-23(4-2)10-8-9-13-14(19)16(21)18(17(22)15(13)20)24-11-6-5-7-12-24/h8-9H,3-7,10-12H2,1-2H3/b9-8+. The van der Waals surface area contributed by atoms with Crippen molar-refractivity contribution in [1.29, 1.82) is 0 Å². The number of piperidine rings is 1. The van der Waals surface area contributed by atoms with E-state index < -0.39 is 34.5 Å². The highest BCUT2D eigenvalue weighted by molar-refractivity contribution is 5.60. The number of likely N-dealkylation sites (N-methyl/N-ethyl adjacent to an activating group) is 1. The average Bonchev–Trinajstić information content (AvgIpc) is 2.61. The summed E-state index contributed by atoms with van der Waals surface area (Å²) < 4.78 is 57.2. The van der Waals surface area contributed by atoms with Crippen LogP contribution in [0.3, 0.4) is 0 Å². The number of hydrogen-bond acceptors (Lipinski definition) is 2. The summed E-state index contributed by atoms with van der Waals surface area (Å²) in [5.41, 5.74) is -1.23. The van der Waals surface area contributed by atoms with E-state index in [1.165, 1.54) is 11.0 Å². The maximum atomic E-state index is 14.3. The van der Waals surface area contributed by atoms with Gasteiger partial charge in [-0.05, 0) is 32.4 Å². The van der Waals surface area contributed by atoms with E-state index in [0.717, 1.165) is 38.4 Å². The second-order valence-corrected chi connectivity index (χ2v) is 5.95. The molecule has 0 unspecified atom stereocenters. The van der Waals surface area contributed by atoms with Gasteiger partial charge in [-0.2, -0.15) is 0 Å². The minimum absolute atomic E-state index is 0.407. The molecule has 0 N–H and O–H groups in total. The van der Waals surface area contributed by atoms with Crippen LogP contribution in [0.1, 0.15) is 38.7 Å². The molecule has 2 nitrogen and oxygen atoms in total. The highest BCUT2D eigenvalue weighted by Crippen LogP contribution is 2.33. The van der Waals surface area contributed by atoms with Gasteiger partial charge in [0.2, 0.25) is 0 Å². The van der Waals surface area contributed by atoms with Crippen LogP contribution in [0.15, 0.2) is 6.08 Å². The lowest BCUT2D eigenvalue weighted by Gasteiger charge is -2.29. The van der Waals surface area contributed by atoms with E-state index in [1.54, 1.807) is 0 Å². The topological polar surface area (TPSA) is 6.48 Å². The molecule has 24 heavy (non-hydrogen) atoms. The van der Waals surface area contributed by atoms with Gasteiger partial charge >= 0.3 is 0 Å². The van der Waals surface area contributed by atoms with Crippen molar-refractivity contribution >= 4 is 11.8 Å². The second kappa shape index (κ2) is 8.51. The largest absolute Gasteiger partial charge is 0.367 e. The molecule has 1 saturated heterocycles.